The van der Waals surface area contributed by atoms with Crippen LogP contribution in [0.2, 0.25) is 0 Å². The van der Waals surface area contributed by atoms with E-state index >= 15 is 0 Å². The summed E-state index contributed by atoms with van der Waals surface area (Å²) in [5.41, 5.74) is 2.01. The van der Waals surface area contributed by atoms with Crippen LogP contribution >= 0.6 is 11.3 Å². The zero-order valence-corrected chi connectivity index (χ0v) is 10.8. The molecular formula is C16H11NS. The Bertz CT molecular complexity index is 726. The molecule has 0 radical (unpaired) electrons. The highest BCUT2D eigenvalue weighted by molar-refractivity contribution is 7.19. The molecule has 0 unspecified atom stereocenters. The Labute approximate surface area is 110 Å². The van der Waals surface area contributed by atoms with E-state index in [9.17, 15) is 0 Å². The first-order chi connectivity index (χ1) is 8.81. The molecule has 0 saturated carbocycles. The molecule has 3 aromatic rings. The van der Waals surface area contributed by atoms with Crippen LogP contribution in [-0.4, -0.2) is 4.98 Å². The zero-order chi connectivity index (χ0) is 12.4. The van der Waals surface area contributed by atoms with E-state index in [-0.39, 0.29) is 0 Å². The third-order valence-electron chi connectivity index (χ3n) is 2.65. The lowest BCUT2D eigenvalue weighted by Crippen LogP contribution is -1.80. The van der Waals surface area contributed by atoms with Crippen LogP contribution in [0, 0.1) is 18.8 Å². The molecule has 0 aliphatic heterocycles. The molecule has 0 saturated heterocycles. The lowest BCUT2D eigenvalue weighted by molar-refractivity contribution is 1.19. The molecular weight excluding hydrogens is 238 g/mol. The van der Waals surface area contributed by atoms with Crippen molar-refractivity contribution in [1.29, 1.82) is 0 Å². The van der Waals surface area contributed by atoms with E-state index in [1.165, 1.54) is 10.1 Å². The molecule has 0 atom stereocenters. The maximum Gasteiger partial charge on any atom is 0.0784 e. The predicted molar refractivity (Wildman–Crippen MR) is 76.8 cm³/mol. The van der Waals surface area contributed by atoms with Crippen molar-refractivity contribution in [3.63, 3.8) is 0 Å². The van der Waals surface area contributed by atoms with Gasteiger partial charge in [-0.15, -0.1) is 11.3 Å². The molecule has 0 fully saturated rings. The fourth-order valence-electron chi connectivity index (χ4n) is 1.80. The molecule has 2 heterocycles. The highest BCUT2D eigenvalue weighted by atomic mass is 32.1. The molecule has 0 bridgehead atoms. The number of hydrogen-bond acceptors (Lipinski definition) is 2. The van der Waals surface area contributed by atoms with E-state index in [2.05, 4.69) is 47.2 Å². The summed E-state index contributed by atoms with van der Waals surface area (Å²) < 4.78 is 1.28. The van der Waals surface area contributed by atoms with Gasteiger partial charge < -0.3 is 0 Å². The van der Waals surface area contributed by atoms with Crippen LogP contribution in [-0.2, 0) is 0 Å². The second-order valence-corrected chi connectivity index (χ2v) is 5.17. The van der Waals surface area contributed by atoms with Crippen molar-refractivity contribution in [2.75, 3.05) is 0 Å². The highest BCUT2D eigenvalue weighted by Gasteiger charge is 1.97. The fraction of sp³-hybridized carbons (Fsp3) is 0.0625. The molecule has 1 nitrogen and oxygen atoms in total. The van der Waals surface area contributed by atoms with Gasteiger partial charge in [0, 0.05) is 22.2 Å². The Kier molecular flexibility index (Phi) is 2.84. The van der Waals surface area contributed by atoms with Crippen molar-refractivity contribution < 1.29 is 0 Å². The minimum absolute atomic E-state index is 0.998. The van der Waals surface area contributed by atoms with Gasteiger partial charge >= 0.3 is 0 Å². The monoisotopic (exact) mass is 249 g/mol. The van der Waals surface area contributed by atoms with Crippen LogP contribution in [0.4, 0.5) is 0 Å². The average Bonchev–Trinajstić information content (AvgIpc) is 2.79. The van der Waals surface area contributed by atoms with Crippen LogP contribution in [0.15, 0.2) is 48.7 Å². The van der Waals surface area contributed by atoms with Gasteiger partial charge in [-0.2, -0.15) is 0 Å². The average molecular weight is 249 g/mol. The third-order valence-corrected chi connectivity index (χ3v) is 3.68. The third kappa shape index (κ3) is 2.27. The maximum absolute atomic E-state index is 4.16. The van der Waals surface area contributed by atoms with Crippen LogP contribution in [0.5, 0.6) is 0 Å². The molecule has 0 N–H and O–H groups in total. The SMILES string of the molecule is Cc1cc(C#Cc2cc3ccccc3s2)ccn1. The molecule has 3 rings (SSSR count). The largest absolute Gasteiger partial charge is 0.262 e. The topological polar surface area (TPSA) is 12.9 Å². The van der Waals surface area contributed by atoms with Crippen LogP contribution < -0.4 is 0 Å². The minimum Gasteiger partial charge on any atom is -0.262 e. The Morgan fingerprint density at radius 2 is 1.94 bits per heavy atom. The van der Waals surface area contributed by atoms with Gasteiger partial charge in [-0.25, -0.2) is 0 Å². The number of pyridine rings is 1. The van der Waals surface area contributed by atoms with Gasteiger partial charge in [0.25, 0.3) is 0 Å². The number of nitrogens with zero attached hydrogens (tertiary/aromatic N) is 1. The number of aromatic nitrogens is 1. The van der Waals surface area contributed by atoms with Crippen molar-refractivity contribution >= 4 is 21.4 Å². The summed E-state index contributed by atoms with van der Waals surface area (Å²) in [7, 11) is 0. The summed E-state index contributed by atoms with van der Waals surface area (Å²) in [6.45, 7) is 1.98. The van der Waals surface area contributed by atoms with E-state index in [4.69, 9.17) is 0 Å². The lowest BCUT2D eigenvalue weighted by atomic mass is 10.2. The normalized spacial score (nSPS) is 10.1. The number of fused-ring (bicyclic) bond motifs is 1. The van der Waals surface area contributed by atoms with Gasteiger partial charge in [0.15, 0.2) is 0 Å². The quantitative estimate of drug-likeness (QED) is 0.549. The van der Waals surface area contributed by atoms with Crippen LogP contribution in [0.3, 0.4) is 0 Å². The van der Waals surface area contributed by atoms with Crippen LogP contribution in [0.1, 0.15) is 16.1 Å². The van der Waals surface area contributed by atoms with Crippen molar-refractivity contribution in [2.24, 2.45) is 0 Å². The Morgan fingerprint density at radius 3 is 2.78 bits per heavy atom. The van der Waals surface area contributed by atoms with Crippen LogP contribution in [0.25, 0.3) is 10.1 Å². The molecule has 86 valence electrons. The molecule has 0 spiro atoms. The molecule has 2 aromatic heterocycles. The number of rotatable bonds is 0. The van der Waals surface area contributed by atoms with E-state index in [0.29, 0.717) is 0 Å². The summed E-state index contributed by atoms with van der Waals surface area (Å²) in [5.74, 6) is 6.40. The summed E-state index contributed by atoms with van der Waals surface area (Å²) in [4.78, 5) is 5.27. The Hall–Kier alpha value is -2.11. The maximum atomic E-state index is 4.16. The van der Waals surface area contributed by atoms with Crippen molar-refractivity contribution in [3.8, 4) is 11.8 Å². The second-order valence-electron chi connectivity index (χ2n) is 4.08. The predicted octanol–water partition coefficient (Wildman–Crippen LogP) is 4.00. The molecule has 0 amide bonds. The Balaban J connectivity index is 1.97. The van der Waals surface area contributed by atoms with Gasteiger partial charge in [0.1, 0.15) is 0 Å². The summed E-state index contributed by atoms with van der Waals surface area (Å²) >= 11 is 1.73. The first kappa shape index (κ1) is 11.0. The summed E-state index contributed by atoms with van der Waals surface area (Å²) in [6.07, 6.45) is 1.80. The number of hydrogen-bond donors (Lipinski definition) is 0. The van der Waals surface area contributed by atoms with Gasteiger partial charge in [0.2, 0.25) is 0 Å². The number of benzene rings is 1. The minimum atomic E-state index is 0.998. The highest BCUT2D eigenvalue weighted by Crippen LogP contribution is 2.24. The zero-order valence-electron chi connectivity index (χ0n) is 9.97. The van der Waals surface area contributed by atoms with Crippen molar-refractivity contribution in [3.05, 3.63) is 64.8 Å². The molecule has 0 aliphatic carbocycles. The molecule has 0 aliphatic rings. The molecule has 2 heteroatoms. The van der Waals surface area contributed by atoms with Gasteiger partial charge in [-0.3, -0.25) is 4.98 Å². The van der Waals surface area contributed by atoms with Gasteiger partial charge in [0.05, 0.1) is 4.88 Å². The lowest BCUT2D eigenvalue weighted by Gasteiger charge is -1.90. The summed E-state index contributed by atoms with van der Waals surface area (Å²) in [6, 6.07) is 14.4. The fourth-order valence-corrected chi connectivity index (χ4v) is 2.72. The number of thiophene rings is 1. The van der Waals surface area contributed by atoms with E-state index in [0.717, 1.165) is 16.1 Å². The van der Waals surface area contributed by atoms with Gasteiger partial charge in [-0.05, 0) is 36.6 Å². The Morgan fingerprint density at radius 1 is 1.06 bits per heavy atom. The molecule has 1 aromatic carbocycles. The number of aryl methyl sites for hydroxylation is 1. The second kappa shape index (κ2) is 4.64. The summed E-state index contributed by atoms with van der Waals surface area (Å²) in [5, 5.41) is 1.26. The standard InChI is InChI=1S/C16H11NS/c1-12-10-13(8-9-17-12)6-7-15-11-14-4-2-3-5-16(14)18-15/h2-5,8-11H,1H3. The van der Waals surface area contributed by atoms with E-state index < -0.39 is 0 Å². The first-order valence-corrected chi connectivity index (χ1v) is 6.56. The smallest absolute Gasteiger partial charge is 0.0784 e. The van der Waals surface area contributed by atoms with E-state index in [1.54, 1.807) is 17.5 Å². The van der Waals surface area contributed by atoms with Gasteiger partial charge in [-0.1, -0.05) is 30.0 Å². The first-order valence-electron chi connectivity index (χ1n) is 5.74. The van der Waals surface area contributed by atoms with Crippen molar-refractivity contribution in [1.82, 2.24) is 4.98 Å². The van der Waals surface area contributed by atoms with E-state index in [1.807, 2.05) is 19.1 Å². The van der Waals surface area contributed by atoms with Crippen molar-refractivity contribution in [2.45, 2.75) is 6.92 Å². The molecule has 18 heavy (non-hydrogen) atoms.